The number of aryl methyl sites for hydroxylation is 2. The van der Waals surface area contributed by atoms with E-state index >= 15 is 0 Å². The molecule has 27 heavy (non-hydrogen) atoms. The van der Waals surface area contributed by atoms with Crippen molar-refractivity contribution in [3.05, 3.63) is 69.3 Å². The highest BCUT2D eigenvalue weighted by Gasteiger charge is 2.43. The summed E-state index contributed by atoms with van der Waals surface area (Å²) >= 11 is 6.80. The molecule has 0 aliphatic carbocycles. The van der Waals surface area contributed by atoms with Gasteiger partial charge in [0.1, 0.15) is 11.8 Å². The molecule has 1 atom stereocenters. The molecule has 2 N–H and O–H groups in total. The highest BCUT2D eigenvalue weighted by Crippen LogP contribution is 2.47. The van der Waals surface area contributed by atoms with Crippen LogP contribution in [0.4, 0.5) is 5.82 Å². The van der Waals surface area contributed by atoms with Crippen LogP contribution in [0.1, 0.15) is 28.4 Å². The topological polar surface area (TPSA) is 84.8 Å². The number of carbonyl (C=O) groups is 1. The number of anilines is 1. The summed E-state index contributed by atoms with van der Waals surface area (Å²) in [6, 6.07) is 9.68. The average Bonchev–Trinajstić information content (AvgIpc) is 3.31. The van der Waals surface area contributed by atoms with E-state index in [0.29, 0.717) is 16.5 Å². The first-order valence-corrected chi connectivity index (χ1v) is 8.96. The van der Waals surface area contributed by atoms with E-state index in [1.54, 1.807) is 4.68 Å². The summed E-state index contributed by atoms with van der Waals surface area (Å²) in [6.45, 7) is 4.04. The SMILES string of the molecule is Cc1nn(-c2ccccc2)c(Cl)c1C1C2=C(COC2=O)Nc2n[nH]c(C)c21. The van der Waals surface area contributed by atoms with Gasteiger partial charge in [-0.15, -0.1) is 0 Å². The van der Waals surface area contributed by atoms with Crippen molar-refractivity contribution >= 4 is 23.4 Å². The Labute approximate surface area is 160 Å². The number of esters is 1. The van der Waals surface area contributed by atoms with Gasteiger partial charge in [0.15, 0.2) is 5.82 Å². The molecule has 0 amide bonds. The van der Waals surface area contributed by atoms with Crippen molar-refractivity contribution in [1.82, 2.24) is 20.0 Å². The number of nitrogens with one attached hydrogen (secondary N) is 2. The number of benzene rings is 1. The molecule has 0 spiro atoms. The van der Waals surface area contributed by atoms with Crippen LogP contribution in [0, 0.1) is 13.8 Å². The third-order valence-electron chi connectivity index (χ3n) is 5.07. The number of nitrogens with zero attached hydrogens (tertiary/aromatic N) is 3. The number of aromatic nitrogens is 4. The van der Waals surface area contributed by atoms with Gasteiger partial charge < -0.3 is 10.1 Å². The van der Waals surface area contributed by atoms with Crippen LogP contribution in [0.25, 0.3) is 5.69 Å². The number of hydrogen-bond donors (Lipinski definition) is 2. The van der Waals surface area contributed by atoms with Crippen LogP contribution >= 0.6 is 11.6 Å². The Morgan fingerprint density at radius 3 is 2.78 bits per heavy atom. The smallest absolute Gasteiger partial charge is 0.337 e. The number of halogens is 1. The Morgan fingerprint density at radius 2 is 2.00 bits per heavy atom. The Morgan fingerprint density at radius 1 is 1.22 bits per heavy atom. The molecule has 3 aromatic rings. The summed E-state index contributed by atoms with van der Waals surface area (Å²) in [4.78, 5) is 12.5. The number of carbonyl (C=O) groups excluding carboxylic acids is 1. The van der Waals surface area contributed by atoms with Crippen LogP contribution in [-0.4, -0.2) is 32.6 Å². The molecule has 5 rings (SSSR count). The predicted molar refractivity (Wildman–Crippen MR) is 100 cm³/mol. The molecule has 1 unspecified atom stereocenters. The monoisotopic (exact) mass is 381 g/mol. The van der Waals surface area contributed by atoms with Gasteiger partial charge in [-0.1, -0.05) is 29.8 Å². The molecule has 2 aliphatic heterocycles. The summed E-state index contributed by atoms with van der Waals surface area (Å²) < 4.78 is 6.98. The van der Waals surface area contributed by atoms with Crippen LogP contribution in [0.5, 0.6) is 0 Å². The summed E-state index contributed by atoms with van der Waals surface area (Å²) in [5, 5.41) is 15.7. The molecule has 136 valence electrons. The van der Waals surface area contributed by atoms with E-state index in [1.165, 1.54) is 0 Å². The van der Waals surface area contributed by atoms with Crippen molar-refractivity contribution in [2.45, 2.75) is 19.8 Å². The molecule has 0 bridgehead atoms. The molecular formula is C19H16ClN5O2. The molecule has 0 radical (unpaired) electrons. The second-order valence-corrected chi connectivity index (χ2v) is 7.03. The predicted octanol–water partition coefficient (Wildman–Crippen LogP) is 3.23. The van der Waals surface area contributed by atoms with Crippen LogP contribution in [-0.2, 0) is 9.53 Å². The van der Waals surface area contributed by atoms with Crippen LogP contribution in [0.3, 0.4) is 0 Å². The van der Waals surface area contributed by atoms with E-state index in [1.807, 2.05) is 44.2 Å². The van der Waals surface area contributed by atoms with E-state index in [2.05, 4.69) is 20.6 Å². The molecule has 8 heteroatoms. The number of hydrogen-bond acceptors (Lipinski definition) is 5. The van der Waals surface area contributed by atoms with Crippen LogP contribution in [0.15, 0.2) is 41.6 Å². The lowest BCUT2D eigenvalue weighted by Gasteiger charge is -2.24. The van der Waals surface area contributed by atoms with Crippen molar-refractivity contribution in [1.29, 1.82) is 0 Å². The van der Waals surface area contributed by atoms with Crippen molar-refractivity contribution in [3.8, 4) is 5.69 Å². The van der Waals surface area contributed by atoms with Crippen LogP contribution in [0.2, 0.25) is 5.15 Å². The lowest BCUT2D eigenvalue weighted by atomic mass is 9.82. The fraction of sp³-hybridized carbons (Fsp3) is 0.211. The number of aromatic amines is 1. The normalized spacial score (nSPS) is 18.2. The van der Waals surface area contributed by atoms with Gasteiger partial charge in [0.2, 0.25) is 0 Å². The number of cyclic esters (lactones) is 1. The van der Waals surface area contributed by atoms with Crippen molar-refractivity contribution < 1.29 is 9.53 Å². The second-order valence-electron chi connectivity index (χ2n) is 6.67. The van der Waals surface area contributed by atoms with E-state index in [4.69, 9.17) is 16.3 Å². The van der Waals surface area contributed by atoms with Gasteiger partial charge in [0.25, 0.3) is 0 Å². The third-order valence-corrected chi connectivity index (χ3v) is 5.43. The number of ether oxygens (including phenoxy) is 1. The van der Waals surface area contributed by atoms with Gasteiger partial charge in [-0.25, -0.2) is 9.48 Å². The fourth-order valence-electron chi connectivity index (χ4n) is 3.85. The fourth-order valence-corrected chi connectivity index (χ4v) is 4.23. The standard InChI is InChI=1S/C19H16ClN5O2/c1-9-14-16(15-12(8-27-19(15)26)21-18(14)23-22-9)13-10(2)24-25(17(13)20)11-6-4-3-5-7-11/h3-7,16H,8H2,1-2H3,(H2,21,22,23). The molecule has 0 fully saturated rings. The summed E-state index contributed by atoms with van der Waals surface area (Å²) in [5.41, 5.74) is 5.48. The lowest BCUT2D eigenvalue weighted by Crippen LogP contribution is -2.20. The van der Waals surface area contributed by atoms with Gasteiger partial charge in [-0.3, -0.25) is 5.10 Å². The Hall–Kier alpha value is -3.06. The summed E-state index contributed by atoms with van der Waals surface area (Å²) in [5.74, 6) is -0.0240. The largest absolute Gasteiger partial charge is 0.456 e. The third kappa shape index (κ3) is 2.24. The second kappa shape index (κ2) is 5.72. The lowest BCUT2D eigenvalue weighted by molar-refractivity contribution is -0.136. The van der Waals surface area contributed by atoms with Crippen molar-refractivity contribution in [2.24, 2.45) is 0 Å². The summed E-state index contributed by atoms with van der Waals surface area (Å²) in [7, 11) is 0. The quantitative estimate of drug-likeness (QED) is 0.666. The maximum absolute atomic E-state index is 12.5. The van der Waals surface area contributed by atoms with Crippen molar-refractivity contribution in [3.63, 3.8) is 0 Å². The van der Waals surface area contributed by atoms with Crippen LogP contribution < -0.4 is 5.32 Å². The zero-order chi connectivity index (χ0) is 18.7. The van der Waals surface area contributed by atoms with Crippen molar-refractivity contribution in [2.75, 3.05) is 11.9 Å². The average molecular weight is 382 g/mol. The minimum absolute atomic E-state index is 0.208. The minimum atomic E-state index is -0.380. The molecule has 7 nitrogen and oxygen atoms in total. The first-order chi connectivity index (χ1) is 13.1. The number of fused-ring (bicyclic) bond motifs is 1. The first-order valence-electron chi connectivity index (χ1n) is 8.58. The summed E-state index contributed by atoms with van der Waals surface area (Å²) in [6.07, 6.45) is 0. The van der Waals surface area contributed by atoms with E-state index in [-0.39, 0.29) is 18.5 Å². The Kier molecular flexibility index (Phi) is 3.42. The highest BCUT2D eigenvalue weighted by molar-refractivity contribution is 6.31. The maximum atomic E-state index is 12.5. The number of rotatable bonds is 2. The molecule has 2 aliphatic rings. The Balaban J connectivity index is 1.76. The van der Waals surface area contributed by atoms with E-state index in [9.17, 15) is 4.79 Å². The zero-order valence-corrected chi connectivity index (χ0v) is 15.5. The number of para-hydroxylation sites is 1. The van der Waals surface area contributed by atoms with Gasteiger partial charge in [-0.05, 0) is 26.0 Å². The van der Waals surface area contributed by atoms with E-state index in [0.717, 1.165) is 33.9 Å². The molecule has 0 saturated heterocycles. The van der Waals surface area contributed by atoms with Gasteiger partial charge >= 0.3 is 5.97 Å². The molecule has 1 aromatic carbocycles. The maximum Gasteiger partial charge on any atom is 0.337 e. The highest BCUT2D eigenvalue weighted by atomic mass is 35.5. The van der Waals surface area contributed by atoms with Gasteiger partial charge in [0, 0.05) is 16.8 Å². The minimum Gasteiger partial charge on any atom is -0.456 e. The molecule has 0 saturated carbocycles. The van der Waals surface area contributed by atoms with E-state index < -0.39 is 0 Å². The number of H-pyrrole nitrogens is 1. The first kappa shape index (κ1) is 16.1. The molecular weight excluding hydrogens is 366 g/mol. The molecule has 2 aromatic heterocycles. The molecule has 4 heterocycles. The van der Waals surface area contributed by atoms with Gasteiger partial charge in [-0.2, -0.15) is 10.2 Å². The van der Waals surface area contributed by atoms with Gasteiger partial charge in [0.05, 0.1) is 28.6 Å². The zero-order valence-electron chi connectivity index (χ0n) is 14.7. The Bertz CT molecular complexity index is 1110.